The van der Waals surface area contributed by atoms with Crippen molar-refractivity contribution >= 4 is 55.8 Å². The van der Waals surface area contributed by atoms with Gasteiger partial charge in [-0.05, 0) is 90.1 Å². The number of methoxy groups -OCH3 is 1. The maximum Gasteiger partial charge on any atom is 0.295 e. The average molecular weight is 1120 g/mol. The molecule has 1 saturated carbocycles. The van der Waals surface area contributed by atoms with E-state index in [9.17, 15) is 28.4 Å². The minimum absolute atomic E-state index is 0.0266. The molecule has 11 rings (SSSR count). The number of piperidine rings is 1. The van der Waals surface area contributed by atoms with Crippen molar-refractivity contribution in [2.75, 3.05) is 81.8 Å². The molecule has 21 heteroatoms. The number of nitrogens with one attached hydrogen (secondary N) is 3. The Balaban J connectivity index is 0.839. The van der Waals surface area contributed by atoms with Crippen LogP contribution in [0.2, 0.25) is 0 Å². The molecular weight excluding hydrogens is 1050 g/mol. The number of nitrogens with zero attached hydrogens (tertiary/aromatic N) is 6. The number of piperazine rings is 1. The van der Waals surface area contributed by atoms with E-state index in [4.69, 9.17) is 14.2 Å². The Morgan fingerprint density at radius 2 is 1.75 bits per heavy atom. The van der Waals surface area contributed by atoms with Crippen LogP contribution in [0.25, 0.3) is 17.1 Å². The van der Waals surface area contributed by atoms with E-state index in [1.54, 1.807) is 25.4 Å². The van der Waals surface area contributed by atoms with Crippen LogP contribution in [-0.4, -0.2) is 129 Å². The van der Waals surface area contributed by atoms with Gasteiger partial charge in [0, 0.05) is 120 Å². The quantitative estimate of drug-likeness (QED) is 0.0526. The molecule has 4 aliphatic heterocycles. The lowest BCUT2D eigenvalue weighted by Crippen LogP contribution is -2.60. The van der Waals surface area contributed by atoms with Gasteiger partial charge in [-0.15, -0.1) is 0 Å². The summed E-state index contributed by atoms with van der Waals surface area (Å²) in [6.07, 6.45) is 8.04. The highest BCUT2D eigenvalue weighted by Crippen LogP contribution is 2.54. The number of aliphatic hydroxyl groups excluding tert-OH is 1. The molecule has 1 aliphatic carbocycles. The molecule has 18 nitrogen and oxygen atoms in total. The van der Waals surface area contributed by atoms with Crippen molar-refractivity contribution in [1.82, 2.24) is 24.5 Å². The van der Waals surface area contributed by atoms with Gasteiger partial charge in [0.05, 0.1) is 35.2 Å². The lowest BCUT2D eigenvalue weighted by Gasteiger charge is -2.58. The number of carbonyl (C=O) groups is 1. The zero-order chi connectivity index (χ0) is 56.1. The standard InChI is InChI=1S/C59H67F2N9O9S/c1-37(2)43-7-5-6-8-44(43)50-35-67(34-38-9-11-41(77-4)12-10-38)23-24-69(50)40-31-58(32-40)16-21-68(22-17-58)48-29-51(79-42-27-39-15-20-62-56(39)63-33-42)46(28-47(48)60)57(72)65-80(75,76)52-30-49(70(73)74)54(55-45(52)13-14-53(71)66(55)3)64-36-59(61)18-25-78-26-19-59/h5-15,20,27-30,33,37,40,50,53,64,71H,16-19,21-26,31-32,34-36H2,1-4H3,(H,62,63)(H,65,72)/t50-,53+/m0/s1. The number of hydrogen-bond donors (Lipinski definition) is 4. The maximum atomic E-state index is 16.8. The molecule has 2 aromatic heterocycles. The Hall–Kier alpha value is -7.17. The molecule has 5 aliphatic rings. The van der Waals surface area contributed by atoms with Crippen molar-refractivity contribution in [3.8, 4) is 17.2 Å². The number of anilines is 3. The van der Waals surface area contributed by atoms with Crippen molar-refractivity contribution in [3.63, 3.8) is 0 Å². The van der Waals surface area contributed by atoms with Crippen LogP contribution in [0.3, 0.4) is 0 Å². The van der Waals surface area contributed by atoms with Crippen molar-refractivity contribution in [2.45, 2.75) is 93.7 Å². The predicted molar refractivity (Wildman–Crippen MR) is 301 cm³/mol. The highest BCUT2D eigenvalue weighted by atomic mass is 32.2. The van der Waals surface area contributed by atoms with Crippen LogP contribution in [0.4, 0.5) is 31.5 Å². The number of benzene rings is 4. The summed E-state index contributed by atoms with van der Waals surface area (Å²) in [5.74, 6) is -0.816. The lowest BCUT2D eigenvalue weighted by molar-refractivity contribution is -0.384. The third kappa shape index (κ3) is 10.9. The highest BCUT2D eigenvalue weighted by Gasteiger charge is 2.50. The van der Waals surface area contributed by atoms with Crippen LogP contribution in [0.1, 0.15) is 96.9 Å². The van der Waals surface area contributed by atoms with E-state index in [0.29, 0.717) is 36.1 Å². The Kier molecular flexibility index (Phi) is 15.1. The topological polar surface area (TPSA) is 208 Å². The SMILES string of the molecule is COc1ccc(CN2CCN(C3CC4(CCN(c5cc(Oc6cnc7[nH]ccc7c6)c(C(=O)NS(=O)(=O)c6cc([N+](=O)[O-])c(NCC7(F)CCOCC7)c7c6C=C[C@@H](O)N7C)cc5F)CC4)C3)[C@H](c3ccccc3C(C)C)C2)cc1. The van der Waals surface area contributed by atoms with E-state index in [-0.39, 0.29) is 78.2 Å². The fourth-order valence-electron chi connectivity index (χ4n) is 12.5. The third-order valence-corrected chi connectivity index (χ3v) is 18.4. The second-order valence-corrected chi connectivity index (χ2v) is 24.0. The number of sulfonamides is 1. The summed E-state index contributed by atoms with van der Waals surface area (Å²) in [5, 5.41) is 27.1. The van der Waals surface area contributed by atoms with Crippen molar-refractivity contribution in [2.24, 2.45) is 5.41 Å². The smallest absolute Gasteiger partial charge is 0.295 e. The van der Waals surface area contributed by atoms with E-state index >= 15 is 8.78 Å². The number of amides is 1. The van der Waals surface area contributed by atoms with Crippen molar-refractivity contribution in [1.29, 1.82) is 0 Å². The number of pyridine rings is 1. The molecular formula is C59H67F2N9O9S. The molecule has 1 amide bonds. The lowest BCUT2D eigenvalue weighted by atomic mass is 9.59. The summed E-state index contributed by atoms with van der Waals surface area (Å²) in [4.78, 5) is 41.6. The van der Waals surface area contributed by atoms with Crippen LogP contribution in [0.15, 0.2) is 102 Å². The maximum absolute atomic E-state index is 16.8. The summed E-state index contributed by atoms with van der Waals surface area (Å²) >= 11 is 0. The molecule has 422 valence electrons. The first-order valence-electron chi connectivity index (χ1n) is 27.3. The molecule has 4 N–H and O–H groups in total. The van der Waals surface area contributed by atoms with Gasteiger partial charge in [-0.3, -0.25) is 24.7 Å². The van der Waals surface area contributed by atoms with E-state index < -0.39 is 54.7 Å². The Morgan fingerprint density at radius 1 is 1.00 bits per heavy atom. The number of fused-ring (bicyclic) bond motifs is 2. The molecule has 6 aromatic rings. The molecule has 1 spiro atoms. The Bertz CT molecular complexity index is 3450. The Labute approximate surface area is 463 Å². The number of aliphatic hydroxyl groups is 1. The summed E-state index contributed by atoms with van der Waals surface area (Å²) in [7, 11) is -1.95. The third-order valence-electron chi connectivity index (χ3n) is 17.1. The van der Waals surface area contributed by atoms with E-state index in [0.717, 1.165) is 69.7 Å². The number of rotatable bonds is 16. The summed E-state index contributed by atoms with van der Waals surface area (Å²) in [5.41, 5.74) is 1.35. The van der Waals surface area contributed by atoms with E-state index in [2.05, 4.69) is 75.3 Å². The van der Waals surface area contributed by atoms with Crippen molar-refractivity contribution < 1.29 is 46.2 Å². The van der Waals surface area contributed by atoms with Crippen LogP contribution < -0.4 is 29.3 Å². The van der Waals surface area contributed by atoms with Gasteiger partial charge in [0.1, 0.15) is 51.2 Å². The highest BCUT2D eigenvalue weighted by molar-refractivity contribution is 7.90. The van der Waals surface area contributed by atoms with Gasteiger partial charge in [-0.2, -0.15) is 0 Å². The minimum Gasteiger partial charge on any atom is -0.497 e. The summed E-state index contributed by atoms with van der Waals surface area (Å²) in [6, 6.07) is 24.3. The number of aromatic nitrogens is 2. The summed E-state index contributed by atoms with van der Waals surface area (Å²) in [6.45, 7) is 9.13. The predicted octanol–water partition coefficient (Wildman–Crippen LogP) is 9.67. The number of ether oxygens (including phenoxy) is 3. The van der Waals surface area contributed by atoms with Gasteiger partial charge < -0.3 is 39.4 Å². The number of nitro benzene ring substituents is 1. The zero-order valence-corrected chi connectivity index (χ0v) is 46.1. The average Bonchev–Trinajstić information content (AvgIpc) is 3.92. The fourth-order valence-corrected chi connectivity index (χ4v) is 13.7. The first kappa shape index (κ1) is 54.8. The van der Waals surface area contributed by atoms with Crippen LogP contribution in [-0.2, 0) is 21.3 Å². The molecule has 0 radical (unpaired) electrons. The van der Waals surface area contributed by atoms with Gasteiger partial charge in [0.2, 0.25) is 0 Å². The molecule has 0 bridgehead atoms. The molecule has 2 atom stereocenters. The number of hydrogen-bond acceptors (Lipinski definition) is 15. The second kappa shape index (κ2) is 22.1. The van der Waals surface area contributed by atoms with Crippen LogP contribution in [0.5, 0.6) is 17.2 Å². The molecule has 3 saturated heterocycles. The number of nitro groups is 1. The Morgan fingerprint density at radius 3 is 2.48 bits per heavy atom. The van der Waals surface area contributed by atoms with Crippen molar-refractivity contribution in [3.05, 3.63) is 141 Å². The molecule has 4 aromatic carbocycles. The summed E-state index contributed by atoms with van der Waals surface area (Å²) < 4.78 is 80.8. The number of likely N-dealkylation sites (N-methyl/N-ethyl adjacent to an activating group) is 1. The van der Waals surface area contributed by atoms with E-state index in [1.165, 1.54) is 53.1 Å². The molecule has 0 unspecified atom stereocenters. The first-order chi connectivity index (χ1) is 38.4. The normalized spacial score (nSPS) is 20.4. The van der Waals surface area contributed by atoms with Gasteiger partial charge in [0.25, 0.3) is 21.6 Å². The van der Waals surface area contributed by atoms with Crippen LogP contribution >= 0.6 is 0 Å². The number of alkyl halides is 1. The number of aromatic amines is 1. The monoisotopic (exact) mass is 1120 g/mol. The number of halogens is 2. The van der Waals surface area contributed by atoms with Crippen LogP contribution in [0, 0.1) is 21.3 Å². The number of carbonyl (C=O) groups excluding carboxylic acids is 1. The molecule has 4 fully saturated rings. The van der Waals surface area contributed by atoms with Gasteiger partial charge in [0.15, 0.2) is 0 Å². The largest absolute Gasteiger partial charge is 0.497 e. The molecule has 80 heavy (non-hydrogen) atoms. The van der Waals surface area contributed by atoms with Gasteiger partial charge in [-0.1, -0.05) is 56.3 Å². The fraction of sp³-hybridized carbons (Fsp3) is 0.424. The van der Waals surface area contributed by atoms with E-state index in [1.807, 2.05) is 21.8 Å². The minimum atomic E-state index is -5.03. The van der Waals surface area contributed by atoms with Gasteiger partial charge in [-0.25, -0.2) is 26.9 Å². The van der Waals surface area contributed by atoms with Gasteiger partial charge >= 0.3 is 0 Å². The zero-order valence-electron chi connectivity index (χ0n) is 45.3. The first-order valence-corrected chi connectivity index (χ1v) is 28.8. The number of H-pyrrole nitrogens is 1. The second-order valence-electron chi connectivity index (χ2n) is 22.4. The molecule has 6 heterocycles.